The predicted molar refractivity (Wildman–Crippen MR) is 270 cm³/mol. The van der Waals surface area contributed by atoms with E-state index in [-0.39, 0.29) is 16.2 Å². The van der Waals surface area contributed by atoms with E-state index in [1.807, 2.05) is 0 Å². The number of hydrogen-bond acceptors (Lipinski definition) is 1. The van der Waals surface area contributed by atoms with Crippen LogP contribution in [0, 0.1) is 0 Å². The Morgan fingerprint density at radius 2 is 0.719 bits per heavy atom. The van der Waals surface area contributed by atoms with Gasteiger partial charge in [0.05, 0.1) is 5.69 Å². The van der Waals surface area contributed by atoms with Crippen molar-refractivity contribution in [1.29, 1.82) is 0 Å². The third-order valence-electron chi connectivity index (χ3n) is 15.1. The van der Waals surface area contributed by atoms with Crippen LogP contribution in [0.15, 0.2) is 200 Å². The lowest BCUT2D eigenvalue weighted by Gasteiger charge is -2.31. The van der Waals surface area contributed by atoms with Gasteiger partial charge in [-0.2, -0.15) is 0 Å². The fourth-order valence-corrected chi connectivity index (χ4v) is 11.7. The Morgan fingerprint density at radius 1 is 0.266 bits per heavy atom. The van der Waals surface area contributed by atoms with Crippen LogP contribution >= 0.6 is 0 Å². The van der Waals surface area contributed by atoms with Crippen molar-refractivity contribution in [2.45, 2.75) is 57.8 Å². The Hall–Kier alpha value is -7.22. The van der Waals surface area contributed by atoms with Crippen molar-refractivity contribution in [3.05, 3.63) is 234 Å². The van der Waals surface area contributed by atoms with Crippen molar-refractivity contribution in [3.8, 4) is 66.8 Å². The smallest absolute Gasteiger partial charge is 0.0540 e. The molecule has 308 valence electrons. The van der Waals surface area contributed by atoms with Gasteiger partial charge in [0.15, 0.2) is 0 Å². The van der Waals surface area contributed by atoms with E-state index in [2.05, 4.69) is 247 Å². The zero-order valence-electron chi connectivity index (χ0n) is 37.5. The molecule has 0 heterocycles. The maximum Gasteiger partial charge on any atom is 0.0540 e. The van der Waals surface area contributed by atoms with E-state index in [0.29, 0.717) is 0 Å². The fraction of sp³-hybridized carbons (Fsp3) is 0.143. The molecule has 0 bridgehead atoms. The molecule has 9 aromatic carbocycles. The molecule has 0 saturated heterocycles. The zero-order chi connectivity index (χ0) is 43.5. The summed E-state index contributed by atoms with van der Waals surface area (Å²) < 4.78 is 0. The molecule has 3 aliphatic rings. The summed E-state index contributed by atoms with van der Waals surface area (Å²) in [6, 6.07) is 75.2. The van der Waals surface area contributed by atoms with E-state index in [0.717, 1.165) is 17.1 Å². The van der Waals surface area contributed by atoms with Gasteiger partial charge in [-0.1, -0.05) is 199 Å². The molecular formula is C63H51N. The molecule has 0 fully saturated rings. The van der Waals surface area contributed by atoms with E-state index in [1.165, 1.54) is 100 Å². The average molecular weight is 822 g/mol. The first-order valence-electron chi connectivity index (χ1n) is 22.8. The molecule has 0 radical (unpaired) electrons. The van der Waals surface area contributed by atoms with Crippen LogP contribution < -0.4 is 4.90 Å². The van der Waals surface area contributed by atoms with Crippen molar-refractivity contribution in [1.82, 2.24) is 0 Å². The summed E-state index contributed by atoms with van der Waals surface area (Å²) in [5.74, 6) is 0. The first kappa shape index (κ1) is 38.5. The van der Waals surface area contributed by atoms with E-state index >= 15 is 0 Å². The third-order valence-corrected chi connectivity index (χ3v) is 15.1. The Kier molecular flexibility index (Phi) is 8.35. The van der Waals surface area contributed by atoms with Gasteiger partial charge in [-0.15, -0.1) is 0 Å². The second kappa shape index (κ2) is 13.9. The zero-order valence-corrected chi connectivity index (χ0v) is 37.5. The number of hydrogen-bond donors (Lipinski definition) is 0. The second-order valence-corrected chi connectivity index (χ2v) is 19.7. The minimum atomic E-state index is -0.238. The Balaban J connectivity index is 1.03. The van der Waals surface area contributed by atoms with Crippen LogP contribution in [0.4, 0.5) is 17.1 Å². The summed E-state index contributed by atoms with van der Waals surface area (Å²) in [5, 5.41) is 0. The fourth-order valence-electron chi connectivity index (χ4n) is 11.7. The molecule has 1 heteroatoms. The summed E-state index contributed by atoms with van der Waals surface area (Å²) in [4.78, 5) is 2.52. The molecule has 12 rings (SSSR count). The Labute approximate surface area is 378 Å². The van der Waals surface area contributed by atoms with Crippen molar-refractivity contribution >= 4 is 17.1 Å². The van der Waals surface area contributed by atoms with Crippen molar-refractivity contribution in [3.63, 3.8) is 0 Å². The van der Waals surface area contributed by atoms with Crippen molar-refractivity contribution in [2.24, 2.45) is 0 Å². The molecule has 0 amide bonds. The van der Waals surface area contributed by atoms with Crippen molar-refractivity contribution < 1.29 is 0 Å². The van der Waals surface area contributed by atoms with E-state index in [4.69, 9.17) is 0 Å². The van der Waals surface area contributed by atoms with Gasteiger partial charge in [0.25, 0.3) is 0 Å². The molecule has 0 aromatic heterocycles. The Bertz CT molecular complexity index is 3350. The Morgan fingerprint density at radius 3 is 1.38 bits per heavy atom. The SMILES string of the molecule is CC1(C)c2ccccc2-c2ccc(N(c3ccc4c(c3)C(C)(C)c3cc(-c5cccc6c5-c5ccccc5C6(C)C)ccc3-4)c3ccc(-c4ccccc4)cc3-c3ccccc3)cc21. The number of nitrogens with zero attached hydrogens (tertiary/aromatic N) is 1. The summed E-state index contributed by atoms with van der Waals surface area (Å²) >= 11 is 0. The van der Waals surface area contributed by atoms with Gasteiger partial charge >= 0.3 is 0 Å². The highest BCUT2D eigenvalue weighted by atomic mass is 15.1. The molecule has 0 spiro atoms. The number of fused-ring (bicyclic) bond motifs is 9. The first-order valence-corrected chi connectivity index (χ1v) is 22.8. The lowest BCUT2D eigenvalue weighted by molar-refractivity contribution is 0.659. The van der Waals surface area contributed by atoms with Crippen molar-refractivity contribution in [2.75, 3.05) is 4.90 Å². The maximum absolute atomic E-state index is 2.52. The van der Waals surface area contributed by atoms with E-state index in [1.54, 1.807) is 0 Å². The maximum atomic E-state index is 2.52. The number of benzene rings is 9. The van der Waals surface area contributed by atoms with Crippen LogP contribution in [0.25, 0.3) is 66.8 Å². The lowest BCUT2D eigenvalue weighted by Crippen LogP contribution is -2.18. The van der Waals surface area contributed by atoms with Gasteiger partial charge in [0.2, 0.25) is 0 Å². The minimum absolute atomic E-state index is 0.0444. The van der Waals surface area contributed by atoms with Gasteiger partial charge in [0.1, 0.15) is 0 Å². The minimum Gasteiger partial charge on any atom is -0.310 e. The summed E-state index contributed by atoms with van der Waals surface area (Å²) in [5.41, 5.74) is 26.7. The predicted octanol–water partition coefficient (Wildman–Crippen LogP) is 17.1. The molecule has 9 aromatic rings. The molecule has 64 heavy (non-hydrogen) atoms. The highest BCUT2D eigenvalue weighted by Crippen LogP contribution is 2.56. The largest absolute Gasteiger partial charge is 0.310 e. The van der Waals surface area contributed by atoms with E-state index in [9.17, 15) is 0 Å². The molecule has 0 aliphatic heterocycles. The highest BCUT2D eigenvalue weighted by molar-refractivity contribution is 5.96. The van der Waals surface area contributed by atoms with Gasteiger partial charge in [-0.25, -0.2) is 0 Å². The topological polar surface area (TPSA) is 3.24 Å². The quantitative estimate of drug-likeness (QED) is 0.161. The monoisotopic (exact) mass is 821 g/mol. The van der Waals surface area contributed by atoms with Crippen LogP contribution in [0.1, 0.15) is 74.9 Å². The average Bonchev–Trinajstić information content (AvgIpc) is 3.81. The van der Waals surface area contributed by atoms with Gasteiger partial charge in [-0.3, -0.25) is 0 Å². The molecule has 1 nitrogen and oxygen atoms in total. The van der Waals surface area contributed by atoms with Crippen LogP contribution in [-0.2, 0) is 16.2 Å². The standard InChI is InChI=1S/C63H51N/c1-61(2)54-26-16-14-23-51(54)60-46(24-17-27-55(60)61)43-28-32-48-50-34-31-45(39-58(50)63(5,6)56(48)37-43)64(44-30-33-49-47-22-13-15-25-53(47)62(3,4)57(49)38-44)59-35-29-42(40-18-9-7-10-19-40)36-52(59)41-20-11-8-12-21-41/h7-39H,1-6H3. The molecule has 0 N–H and O–H groups in total. The summed E-state index contributed by atoms with van der Waals surface area (Å²) in [6.07, 6.45) is 0. The lowest BCUT2D eigenvalue weighted by atomic mass is 9.80. The summed E-state index contributed by atoms with van der Waals surface area (Å²) in [6.45, 7) is 14.3. The van der Waals surface area contributed by atoms with Crippen LogP contribution in [0.3, 0.4) is 0 Å². The molecule has 0 saturated carbocycles. The van der Waals surface area contributed by atoms with Crippen LogP contribution in [-0.4, -0.2) is 0 Å². The normalized spacial score (nSPS) is 15.1. The first-order chi connectivity index (χ1) is 31.0. The molecule has 3 aliphatic carbocycles. The molecule has 0 atom stereocenters. The van der Waals surface area contributed by atoms with Gasteiger partial charge in [0, 0.05) is 33.2 Å². The third kappa shape index (κ3) is 5.56. The number of anilines is 3. The second-order valence-electron chi connectivity index (χ2n) is 19.7. The van der Waals surface area contributed by atoms with Gasteiger partial charge in [-0.05, 0) is 137 Å². The molecular weight excluding hydrogens is 771 g/mol. The molecule has 0 unspecified atom stereocenters. The summed E-state index contributed by atoms with van der Waals surface area (Å²) in [7, 11) is 0. The van der Waals surface area contributed by atoms with Crippen LogP contribution in [0.2, 0.25) is 0 Å². The van der Waals surface area contributed by atoms with E-state index < -0.39 is 0 Å². The highest BCUT2D eigenvalue weighted by Gasteiger charge is 2.40. The van der Waals surface area contributed by atoms with Crippen LogP contribution in [0.5, 0.6) is 0 Å². The number of rotatable bonds is 6. The van der Waals surface area contributed by atoms with Gasteiger partial charge < -0.3 is 4.90 Å².